The van der Waals surface area contributed by atoms with Gasteiger partial charge >= 0.3 is 5.97 Å². The van der Waals surface area contributed by atoms with Gasteiger partial charge in [-0.05, 0) is 12.8 Å². The number of thioether (sulfide) groups is 1. The van der Waals surface area contributed by atoms with Crippen molar-refractivity contribution in [2.45, 2.75) is 49.7 Å². The SMILES string of the molecule is CCCC1SCC(C(=O)O)N1C(=O)C1CC(OC)CN1. The molecule has 1 amide bonds. The van der Waals surface area contributed by atoms with Crippen molar-refractivity contribution in [1.29, 1.82) is 0 Å². The first-order chi connectivity index (χ1) is 9.58. The van der Waals surface area contributed by atoms with Gasteiger partial charge in [0.05, 0.1) is 17.5 Å². The van der Waals surface area contributed by atoms with Crippen LogP contribution in [-0.2, 0) is 14.3 Å². The zero-order valence-electron chi connectivity index (χ0n) is 11.9. The number of carbonyl (C=O) groups excluding carboxylic acids is 1. The van der Waals surface area contributed by atoms with Gasteiger partial charge in [0.2, 0.25) is 5.91 Å². The minimum atomic E-state index is -0.911. The maximum absolute atomic E-state index is 12.6. The molecule has 114 valence electrons. The van der Waals surface area contributed by atoms with Crippen molar-refractivity contribution >= 4 is 23.6 Å². The number of ether oxygens (including phenoxy) is 1. The van der Waals surface area contributed by atoms with Gasteiger partial charge in [-0.25, -0.2) is 4.79 Å². The van der Waals surface area contributed by atoms with Crippen molar-refractivity contribution in [3.63, 3.8) is 0 Å². The molecule has 0 radical (unpaired) electrons. The summed E-state index contributed by atoms with van der Waals surface area (Å²) in [6.07, 6.45) is 2.42. The van der Waals surface area contributed by atoms with E-state index >= 15 is 0 Å². The molecule has 0 aromatic heterocycles. The fourth-order valence-electron chi connectivity index (χ4n) is 2.77. The van der Waals surface area contributed by atoms with Gasteiger partial charge in [0.25, 0.3) is 0 Å². The lowest BCUT2D eigenvalue weighted by molar-refractivity contribution is -0.150. The lowest BCUT2D eigenvalue weighted by Crippen LogP contribution is -2.51. The van der Waals surface area contributed by atoms with Crippen molar-refractivity contribution < 1.29 is 19.4 Å². The largest absolute Gasteiger partial charge is 0.480 e. The van der Waals surface area contributed by atoms with Crippen LogP contribution in [0.4, 0.5) is 0 Å². The fourth-order valence-corrected chi connectivity index (χ4v) is 4.29. The minimum Gasteiger partial charge on any atom is -0.480 e. The van der Waals surface area contributed by atoms with Gasteiger partial charge < -0.3 is 20.1 Å². The molecule has 0 saturated carbocycles. The smallest absolute Gasteiger partial charge is 0.327 e. The maximum atomic E-state index is 12.6. The standard InChI is InChI=1S/C13H22N2O4S/c1-3-4-11-15(10(7-20-11)13(17)18)12(16)9-5-8(19-2)6-14-9/h8-11,14H,3-7H2,1-2H3,(H,17,18). The van der Waals surface area contributed by atoms with E-state index in [9.17, 15) is 14.7 Å². The normalized spacial score (nSPS) is 33.6. The summed E-state index contributed by atoms with van der Waals surface area (Å²) in [6.45, 7) is 2.69. The number of methoxy groups -OCH3 is 1. The van der Waals surface area contributed by atoms with Crippen LogP contribution < -0.4 is 5.32 Å². The summed E-state index contributed by atoms with van der Waals surface area (Å²) in [5, 5.41) is 12.4. The van der Waals surface area contributed by atoms with Crippen LogP contribution in [0.2, 0.25) is 0 Å². The van der Waals surface area contributed by atoms with E-state index < -0.39 is 12.0 Å². The number of carboxylic acid groups (broad SMARTS) is 1. The van der Waals surface area contributed by atoms with Crippen molar-refractivity contribution in [2.75, 3.05) is 19.4 Å². The van der Waals surface area contributed by atoms with E-state index in [0.29, 0.717) is 18.7 Å². The molecule has 2 rings (SSSR count). The summed E-state index contributed by atoms with van der Waals surface area (Å²) >= 11 is 1.57. The van der Waals surface area contributed by atoms with Gasteiger partial charge in [0.15, 0.2) is 0 Å². The third-order valence-corrected chi connectivity index (χ3v) is 5.25. The second-order valence-corrected chi connectivity index (χ2v) is 6.44. The van der Waals surface area contributed by atoms with Crippen LogP contribution in [0.15, 0.2) is 0 Å². The van der Waals surface area contributed by atoms with E-state index in [0.717, 1.165) is 12.8 Å². The highest BCUT2D eigenvalue weighted by Gasteiger charge is 2.44. The van der Waals surface area contributed by atoms with Crippen LogP contribution in [0.25, 0.3) is 0 Å². The number of rotatable bonds is 5. The molecule has 20 heavy (non-hydrogen) atoms. The van der Waals surface area contributed by atoms with Crippen LogP contribution in [0.3, 0.4) is 0 Å². The zero-order valence-corrected chi connectivity index (χ0v) is 12.7. The molecule has 2 fully saturated rings. The summed E-state index contributed by atoms with van der Waals surface area (Å²) in [7, 11) is 1.63. The van der Waals surface area contributed by atoms with E-state index in [4.69, 9.17) is 4.74 Å². The van der Waals surface area contributed by atoms with Crippen LogP contribution in [0.5, 0.6) is 0 Å². The molecule has 0 bridgehead atoms. The summed E-state index contributed by atoms with van der Waals surface area (Å²) in [4.78, 5) is 25.6. The Morgan fingerprint density at radius 3 is 2.80 bits per heavy atom. The summed E-state index contributed by atoms with van der Waals surface area (Å²) in [6, 6.07) is -1.02. The Hall–Kier alpha value is -0.790. The predicted octanol–water partition coefficient (Wildman–Crippen LogP) is 0.518. The van der Waals surface area contributed by atoms with Gasteiger partial charge in [-0.1, -0.05) is 13.3 Å². The Bertz CT molecular complexity index is 379. The van der Waals surface area contributed by atoms with Crippen molar-refractivity contribution in [3.8, 4) is 0 Å². The number of nitrogens with one attached hydrogen (secondary N) is 1. The van der Waals surface area contributed by atoms with E-state index in [1.165, 1.54) is 0 Å². The first-order valence-corrected chi connectivity index (χ1v) is 8.06. The molecule has 2 aliphatic rings. The number of aliphatic carboxylic acids is 1. The van der Waals surface area contributed by atoms with Gasteiger partial charge in [-0.3, -0.25) is 4.79 Å². The molecule has 0 aliphatic carbocycles. The van der Waals surface area contributed by atoms with Crippen LogP contribution >= 0.6 is 11.8 Å². The number of nitrogens with zero attached hydrogens (tertiary/aromatic N) is 1. The maximum Gasteiger partial charge on any atom is 0.327 e. The van der Waals surface area contributed by atoms with Crippen molar-refractivity contribution in [3.05, 3.63) is 0 Å². The quantitative estimate of drug-likeness (QED) is 0.771. The summed E-state index contributed by atoms with van der Waals surface area (Å²) in [5.41, 5.74) is 0. The Morgan fingerprint density at radius 1 is 1.50 bits per heavy atom. The number of carbonyl (C=O) groups is 2. The Labute approximate surface area is 123 Å². The lowest BCUT2D eigenvalue weighted by Gasteiger charge is -2.29. The highest BCUT2D eigenvalue weighted by atomic mass is 32.2. The molecule has 7 heteroatoms. The molecule has 2 saturated heterocycles. The molecule has 2 aliphatic heterocycles. The molecule has 2 N–H and O–H groups in total. The molecule has 6 nitrogen and oxygen atoms in total. The second kappa shape index (κ2) is 6.78. The van der Waals surface area contributed by atoms with Gasteiger partial charge in [-0.2, -0.15) is 0 Å². The third-order valence-electron chi connectivity index (χ3n) is 3.89. The summed E-state index contributed by atoms with van der Waals surface area (Å²) in [5.74, 6) is -0.530. The zero-order chi connectivity index (χ0) is 14.7. The lowest BCUT2D eigenvalue weighted by atomic mass is 10.1. The molecule has 2 heterocycles. The molecule has 0 aromatic rings. The van der Waals surface area contributed by atoms with Crippen molar-refractivity contribution in [2.24, 2.45) is 0 Å². The molecule has 4 atom stereocenters. The van der Waals surface area contributed by atoms with E-state index in [1.54, 1.807) is 23.8 Å². The molecule has 0 aromatic carbocycles. The summed E-state index contributed by atoms with van der Waals surface area (Å²) < 4.78 is 5.25. The minimum absolute atomic E-state index is 0.0167. The highest BCUT2D eigenvalue weighted by molar-refractivity contribution is 8.00. The van der Waals surface area contributed by atoms with Crippen LogP contribution in [-0.4, -0.2) is 64.9 Å². The van der Waals surface area contributed by atoms with Crippen LogP contribution in [0.1, 0.15) is 26.2 Å². The number of amides is 1. The molecule has 4 unspecified atom stereocenters. The topological polar surface area (TPSA) is 78.9 Å². The average Bonchev–Trinajstić information content (AvgIpc) is 3.04. The Kier molecular flexibility index (Phi) is 5.29. The molecular formula is C13H22N2O4S. The number of hydrogen-bond donors (Lipinski definition) is 2. The average molecular weight is 302 g/mol. The molecular weight excluding hydrogens is 280 g/mol. The Morgan fingerprint density at radius 2 is 2.25 bits per heavy atom. The third kappa shape index (κ3) is 3.10. The first kappa shape index (κ1) is 15.6. The van der Waals surface area contributed by atoms with E-state index in [2.05, 4.69) is 5.32 Å². The highest BCUT2D eigenvalue weighted by Crippen LogP contribution is 2.33. The first-order valence-electron chi connectivity index (χ1n) is 7.01. The van der Waals surface area contributed by atoms with E-state index in [1.807, 2.05) is 6.92 Å². The molecule has 0 spiro atoms. The second-order valence-electron chi connectivity index (χ2n) is 5.23. The fraction of sp³-hybridized carbons (Fsp3) is 0.846. The van der Waals surface area contributed by atoms with E-state index in [-0.39, 0.29) is 23.4 Å². The predicted molar refractivity (Wildman–Crippen MR) is 76.6 cm³/mol. The van der Waals surface area contributed by atoms with Crippen LogP contribution in [0, 0.1) is 0 Å². The van der Waals surface area contributed by atoms with Gasteiger partial charge in [0.1, 0.15) is 6.04 Å². The number of carboxylic acids is 1. The van der Waals surface area contributed by atoms with Gasteiger partial charge in [-0.15, -0.1) is 11.8 Å². The Balaban J connectivity index is 2.09. The monoisotopic (exact) mass is 302 g/mol. The number of hydrogen-bond acceptors (Lipinski definition) is 5. The van der Waals surface area contributed by atoms with Crippen molar-refractivity contribution in [1.82, 2.24) is 10.2 Å². The van der Waals surface area contributed by atoms with Gasteiger partial charge in [0, 0.05) is 19.4 Å².